The lowest BCUT2D eigenvalue weighted by Crippen LogP contribution is -2.39. The van der Waals surface area contributed by atoms with E-state index in [1.807, 2.05) is 0 Å². The van der Waals surface area contributed by atoms with Crippen molar-refractivity contribution in [3.8, 4) is 0 Å². The first-order valence-corrected chi connectivity index (χ1v) is 5.62. The van der Waals surface area contributed by atoms with E-state index in [9.17, 15) is 4.79 Å². The van der Waals surface area contributed by atoms with Gasteiger partial charge in [-0.1, -0.05) is 29.3 Å². The van der Waals surface area contributed by atoms with Crippen molar-refractivity contribution in [2.24, 2.45) is 10.7 Å². The Kier molecular flexibility index (Phi) is 5.06. The molecular weight excluding hydrogens is 263 g/mol. The van der Waals surface area contributed by atoms with Crippen molar-refractivity contribution in [2.45, 2.75) is 6.92 Å². The highest BCUT2D eigenvalue weighted by Crippen LogP contribution is 2.29. The summed E-state index contributed by atoms with van der Waals surface area (Å²) in [5, 5.41) is 5.53. The van der Waals surface area contributed by atoms with Crippen LogP contribution < -0.4 is 16.4 Å². The highest BCUT2D eigenvalue weighted by atomic mass is 35.5. The first-order chi connectivity index (χ1) is 8.04. The van der Waals surface area contributed by atoms with Crippen LogP contribution in [-0.2, 0) is 0 Å². The lowest BCUT2D eigenvalue weighted by Gasteiger charge is -2.09. The van der Waals surface area contributed by atoms with Crippen LogP contribution in [0.25, 0.3) is 0 Å². The van der Waals surface area contributed by atoms with E-state index in [1.54, 1.807) is 25.1 Å². The minimum absolute atomic E-state index is 0.0353. The van der Waals surface area contributed by atoms with Crippen molar-refractivity contribution in [1.29, 1.82) is 0 Å². The predicted molar refractivity (Wildman–Crippen MR) is 70.8 cm³/mol. The second-order valence-electron chi connectivity index (χ2n) is 3.04. The molecule has 0 radical (unpaired) electrons. The van der Waals surface area contributed by atoms with Gasteiger partial charge in [0.15, 0.2) is 5.96 Å². The van der Waals surface area contributed by atoms with Gasteiger partial charge in [0, 0.05) is 6.54 Å². The fourth-order valence-electron chi connectivity index (χ4n) is 1.09. The summed E-state index contributed by atoms with van der Waals surface area (Å²) in [4.78, 5) is 15.3. The van der Waals surface area contributed by atoms with Gasteiger partial charge in [-0.2, -0.15) is 0 Å². The zero-order valence-electron chi connectivity index (χ0n) is 9.13. The topological polar surface area (TPSA) is 79.5 Å². The Morgan fingerprint density at radius 2 is 2.00 bits per heavy atom. The van der Waals surface area contributed by atoms with E-state index in [0.717, 1.165) is 0 Å². The Hall–Kier alpha value is -1.46. The molecule has 4 N–H and O–H groups in total. The monoisotopic (exact) mass is 274 g/mol. The van der Waals surface area contributed by atoms with E-state index < -0.39 is 6.03 Å². The summed E-state index contributed by atoms with van der Waals surface area (Å²) in [5.41, 5.74) is 5.76. The smallest absolute Gasteiger partial charge is 0.326 e. The van der Waals surface area contributed by atoms with Crippen LogP contribution in [-0.4, -0.2) is 18.5 Å². The first kappa shape index (κ1) is 13.6. The second-order valence-corrected chi connectivity index (χ2v) is 3.85. The van der Waals surface area contributed by atoms with Crippen molar-refractivity contribution in [3.63, 3.8) is 0 Å². The van der Waals surface area contributed by atoms with Crippen LogP contribution in [0.5, 0.6) is 0 Å². The Labute approximate surface area is 109 Å². The number of nitrogens with one attached hydrogen (secondary N) is 2. The Morgan fingerprint density at radius 3 is 2.53 bits per heavy atom. The van der Waals surface area contributed by atoms with Gasteiger partial charge in [-0.25, -0.2) is 4.79 Å². The van der Waals surface area contributed by atoms with Crippen LogP contribution in [0, 0.1) is 0 Å². The molecular formula is C10H12Cl2N4O. The molecule has 2 amide bonds. The van der Waals surface area contributed by atoms with Crippen molar-refractivity contribution in [1.82, 2.24) is 5.32 Å². The van der Waals surface area contributed by atoms with Crippen molar-refractivity contribution in [2.75, 3.05) is 11.9 Å². The summed E-state index contributed by atoms with van der Waals surface area (Å²) in [6.45, 7) is 2.29. The van der Waals surface area contributed by atoms with Crippen LogP contribution in [0.4, 0.5) is 10.5 Å². The molecule has 0 aliphatic carbocycles. The SMILES string of the molecule is CCN=C(N)NC(=O)Nc1c(Cl)cccc1Cl. The number of amides is 2. The van der Waals surface area contributed by atoms with Gasteiger partial charge in [0.25, 0.3) is 0 Å². The number of anilines is 1. The molecule has 0 heterocycles. The minimum Gasteiger partial charge on any atom is -0.370 e. The van der Waals surface area contributed by atoms with E-state index in [0.29, 0.717) is 22.3 Å². The number of carbonyl (C=O) groups is 1. The summed E-state index contributed by atoms with van der Waals surface area (Å²) in [5.74, 6) is 0.0353. The quantitative estimate of drug-likeness (QED) is 0.572. The van der Waals surface area contributed by atoms with Gasteiger partial charge in [0.2, 0.25) is 0 Å². The Balaban J connectivity index is 2.72. The molecule has 1 rings (SSSR count). The number of rotatable bonds is 2. The third-order valence-electron chi connectivity index (χ3n) is 1.77. The van der Waals surface area contributed by atoms with Crippen molar-refractivity contribution >= 4 is 40.9 Å². The maximum Gasteiger partial charge on any atom is 0.326 e. The molecule has 0 unspecified atom stereocenters. The molecule has 0 aliphatic rings. The number of hydrogen-bond donors (Lipinski definition) is 3. The van der Waals surface area contributed by atoms with E-state index in [1.165, 1.54) is 0 Å². The third-order valence-corrected chi connectivity index (χ3v) is 2.40. The molecule has 1 aromatic rings. The number of halogens is 2. The van der Waals surface area contributed by atoms with Crippen LogP contribution in [0.3, 0.4) is 0 Å². The molecule has 0 aromatic heterocycles. The van der Waals surface area contributed by atoms with Gasteiger partial charge in [0.05, 0.1) is 15.7 Å². The first-order valence-electron chi connectivity index (χ1n) is 4.86. The molecule has 0 saturated carbocycles. The maximum absolute atomic E-state index is 11.5. The largest absolute Gasteiger partial charge is 0.370 e. The number of para-hydroxylation sites is 1. The van der Waals surface area contributed by atoms with E-state index in [2.05, 4.69) is 15.6 Å². The Bertz CT molecular complexity index is 428. The molecule has 92 valence electrons. The number of nitrogens with two attached hydrogens (primary N) is 1. The summed E-state index contributed by atoms with van der Waals surface area (Å²) < 4.78 is 0. The normalized spacial score (nSPS) is 11.1. The van der Waals surface area contributed by atoms with Crippen LogP contribution >= 0.6 is 23.2 Å². The van der Waals surface area contributed by atoms with E-state index >= 15 is 0 Å². The number of aliphatic imine (C=N–C) groups is 1. The average Bonchev–Trinajstić information content (AvgIpc) is 2.24. The van der Waals surface area contributed by atoms with Crippen molar-refractivity contribution in [3.05, 3.63) is 28.2 Å². The molecule has 0 aliphatic heterocycles. The molecule has 17 heavy (non-hydrogen) atoms. The van der Waals surface area contributed by atoms with Gasteiger partial charge >= 0.3 is 6.03 Å². The molecule has 0 saturated heterocycles. The van der Waals surface area contributed by atoms with Gasteiger partial charge in [0.1, 0.15) is 0 Å². The molecule has 0 atom stereocenters. The zero-order valence-corrected chi connectivity index (χ0v) is 10.6. The lowest BCUT2D eigenvalue weighted by atomic mass is 10.3. The predicted octanol–water partition coefficient (Wildman–Crippen LogP) is 2.45. The molecule has 0 spiro atoms. The van der Waals surface area contributed by atoms with E-state index in [4.69, 9.17) is 28.9 Å². The van der Waals surface area contributed by atoms with Crippen molar-refractivity contribution < 1.29 is 4.79 Å². The number of benzene rings is 1. The van der Waals surface area contributed by atoms with Gasteiger partial charge in [-0.3, -0.25) is 10.3 Å². The lowest BCUT2D eigenvalue weighted by molar-refractivity contribution is 0.256. The molecule has 5 nitrogen and oxygen atoms in total. The maximum atomic E-state index is 11.5. The summed E-state index contributed by atoms with van der Waals surface area (Å²) in [6, 6.07) is 4.37. The number of carbonyl (C=O) groups excluding carboxylic acids is 1. The third kappa shape index (κ3) is 4.13. The van der Waals surface area contributed by atoms with Crippen LogP contribution in [0.1, 0.15) is 6.92 Å². The van der Waals surface area contributed by atoms with Gasteiger partial charge in [-0.15, -0.1) is 0 Å². The Morgan fingerprint density at radius 1 is 1.41 bits per heavy atom. The standard InChI is InChI=1S/C10H12Cl2N4O/c1-2-14-9(13)16-10(17)15-8-6(11)4-3-5-7(8)12/h3-5H,2H2,1H3,(H4,13,14,15,16,17). The summed E-state index contributed by atoms with van der Waals surface area (Å²) in [7, 11) is 0. The fourth-order valence-corrected chi connectivity index (χ4v) is 1.58. The van der Waals surface area contributed by atoms with E-state index in [-0.39, 0.29) is 5.96 Å². The number of nitrogens with zero attached hydrogens (tertiary/aromatic N) is 1. The number of urea groups is 1. The van der Waals surface area contributed by atoms with Gasteiger partial charge in [-0.05, 0) is 19.1 Å². The summed E-state index contributed by atoms with van der Waals surface area (Å²) in [6.07, 6.45) is 0. The highest BCUT2D eigenvalue weighted by Gasteiger charge is 2.09. The second kappa shape index (κ2) is 6.32. The molecule has 7 heteroatoms. The van der Waals surface area contributed by atoms with Crippen LogP contribution in [0.2, 0.25) is 10.0 Å². The minimum atomic E-state index is -0.547. The van der Waals surface area contributed by atoms with Crippen LogP contribution in [0.15, 0.2) is 23.2 Å². The molecule has 0 bridgehead atoms. The molecule has 0 fully saturated rings. The molecule has 1 aromatic carbocycles. The summed E-state index contributed by atoms with van der Waals surface area (Å²) >= 11 is 11.8. The average molecular weight is 275 g/mol. The zero-order chi connectivity index (χ0) is 12.8. The number of hydrogen-bond acceptors (Lipinski definition) is 2. The van der Waals surface area contributed by atoms with Gasteiger partial charge < -0.3 is 11.1 Å². The number of guanidine groups is 1. The fraction of sp³-hybridized carbons (Fsp3) is 0.200. The highest BCUT2D eigenvalue weighted by molar-refractivity contribution is 6.39.